The monoisotopic (exact) mass is 480 g/mol. The average molecular weight is 481 g/mol. The zero-order valence-corrected chi connectivity index (χ0v) is 19.7. The highest BCUT2D eigenvalue weighted by Crippen LogP contribution is 2.69. The molecule has 1 aromatic rings. The molecule has 2 unspecified atom stereocenters. The highest BCUT2D eigenvalue weighted by Gasteiger charge is 2.77. The van der Waals surface area contributed by atoms with Crippen LogP contribution >= 0.6 is 11.6 Å². The number of esters is 1. The summed E-state index contributed by atoms with van der Waals surface area (Å²) in [7, 11) is 0. The van der Waals surface area contributed by atoms with Crippen LogP contribution in [-0.4, -0.2) is 61.2 Å². The Labute approximate surface area is 196 Å². The smallest absolute Gasteiger partial charge is 0.342 e. The maximum absolute atomic E-state index is 13.0. The van der Waals surface area contributed by atoms with Crippen molar-refractivity contribution in [1.29, 1.82) is 0 Å². The van der Waals surface area contributed by atoms with Gasteiger partial charge in [-0.1, -0.05) is 32.4 Å². The van der Waals surface area contributed by atoms with Crippen LogP contribution in [0.3, 0.4) is 0 Å². The quantitative estimate of drug-likeness (QED) is 0.324. The number of hydrogen-bond acceptors (Lipinski definition) is 8. The summed E-state index contributed by atoms with van der Waals surface area (Å²) in [4.78, 5) is 25.0. The van der Waals surface area contributed by atoms with Crippen molar-refractivity contribution in [2.75, 3.05) is 0 Å². The summed E-state index contributed by atoms with van der Waals surface area (Å²) in [5, 5.41) is 53.9. The van der Waals surface area contributed by atoms with Crippen molar-refractivity contribution in [3.8, 4) is 5.75 Å². The van der Waals surface area contributed by atoms with Crippen LogP contribution in [0, 0.1) is 23.7 Å². The fourth-order valence-corrected chi connectivity index (χ4v) is 6.76. The molecule has 5 N–H and O–H groups in total. The topological polar surface area (TPSA) is 145 Å². The predicted molar refractivity (Wildman–Crippen MR) is 118 cm³/mol. The van der Waals surface area contributed by atoms with Gasteiger partial charge in [-0.05, 0) is 42.9 Å². The third kappa shape index (κ3) is 2.98. The number of halogens is 1. The fourth-order valence-electron chi connectivity index (χ4n) is 6.55. The first-order valence-corrected chi connectivity index (χ1v) is 11.2. The Morgan fingerprint density at radius 2 is 1.94 bits per heavy atom. The van der Waals surface area contributed by atoms with Gasteiger partial charge in [0.25, 0.3) is 0 Å². The number of fused-ring (bicyclic) bond motifs is 3. The molecule has 3 aliphatic rings. The number of benzene rings is 1. The van der Waals surface area contributed by atoms with E-state index in [-0.39, 0.29) is 40.1 Å². The summed E-state index contributed by atoms with van der Waals surface area (Å²) in [5.74, 6) is -2.16. The van der Waals surface area contributed by atoms with Crippen molar-refractivity contribution in [2.45, 2.75) is 70.6 Å². The first-order valence-electron chi connectivity index (χ1n) is 10.8. The van der Waals surface area contributed by atoms with E-state index in [1.165, 1.54) is 19.1 Å². The van der Waals surface area contributed by atoms with E-state index in [0.29, 0.717) is 6.29 Å². The SMILES string of the molecule is Cc1c(Cl)c(CO)cc(O)c1C(=O)O[C@@H]1C[C@]2(C)C3C(O)C(C)(C)C[C@@]3(O)C=C(C=O)[C@]12O. The lowest BCUT2D eigenvalue weighted by molar-refractivity contribution is -0.272. The third-order valence-corrected chi connectivity index (χ3v) is 8.70. The minimum Gasteiger partial charge on any atom is -0.507 e. The van der Waals surface area contributed by atoms with Gasteiger partial charge in [0, 0.05) is 22.5 Å². The molecule has 33 heavy (non-hydrogen) atoms. The van der Waals surface area contributed by atoms with E-state index in [4.69, 9.17) is 16.3 Å². The van der Waals surface area contributed by atoms with Gasteiger partial charge in [-0.2, -0.15) is 0 Å². The van der Waals surface area contributed by atoms with E-state index in [2.05, 4.69) is 0 Å². The predicted octanol–water partition coefficient (Wildman–Crippen LogP) is 1.79. The molecule has 0 heterocycles. The molecular formula is C24H29ClO8. The Morgan fingerprint density at radius 1 is 1.30 bits per heavy atom. The molecule has 0 aliphatic heterocycles. The van der Waals surface area contributed by atoms with Crippen LogP contribution in [0.1, 0.15) is 55.1 Å². The van der Waals surface area contributed by atoms with E-state index in [1.54, 1.807) is 6.92 Å². The molecule has 1 aromatic carbocycles. The summed E-state index contributed by atoms with van der Waals surface area (Å²) < 4.78 is 5.57. The van der Waals surface area contributed by atoms with Gasteiger partial charge in [0.2, 0.25) is 0 Å². The Hall–Kier alpha value is -1.97. The summed E-state index contributed by atoms with van der Waals surface area (Å²) in [6.07, 6.45) is -0.0803. The number of aldehydes is 1. The Bertz CT molecular complexity index is 1080. The van der Waals surface area contributed by atoms with E-state index < -0.39 is 58.5 Å². The number of phenols is 1. The van der Waals surface area contributed by atoms with Gasteiger partial charge in [0.1, 0.15) is 29.3 Å². The van der Waals surface area contributed by atoms with Crippen LogP contribution in [0.5, 0.6) is 5.75 Å². The van der Waals surface area contributed by atoms with Crippen molar-refractivity contribution in [1.82, 2.24) is 0 Å². The molecule has 4 rings (SSSR count). The number of hydrogen-bond donors (Lipinski definition) is 5. The molecule has 8 nitrogen and oxygen atoms in total. The van der Waals surface area contributed by atoms with Crippen LogP contribution < -0.4 is 0 Å². The minimum atomic E-state index is -1.93. The minimum absolute atomic E-state index is 0.0861. The van der Waals surface area contributed by atoms with Crippen LogP contribution in [0.4, 0.5) is 0 Å². The molecule has 9 heteroatoms. The highest BCUT2D eigenvalue weighted by molar-refractivity contribution is 6.32. The van der Waals surface area contributed by atoms with Crippen LogP contribution in [-0.2, 0) is 16.1 Å². The van der Waals surface area contributed by atoms with Gasteiger partial charge in [-0.3, -0.25) is 4.79 Å². The van der Waals surface area contributed by atoms with E-state index >= 15 is 0 Å². The van der Waals surface area contributed by atoms with Crippen LogP contribution in [0.15, 0.2) is 17.7 Å². The second-order valence-corrected chi connectivity index (χ2v) is 11.0. The first kappa shape index (κ1) is 24.2. The molecule has 0 saturated heterocycles. The van der Waals surface area contributed by atoms with Crippen LogP contribution in [0.25, 0.3) is 0 Å². The largest absolute Gasteiger partial charge is 0.507 e. The standard InChI is InChI=1S/C24H29ClO8/c1-11-16(14(28)5-12(8-26)17(11)25)20(30)33-15-7-22(4)18-19(29)21(2,3)10-23(18,31)6-13(9-27)24(15,22)32/h5-6,9,15,18-19,26,28-29,31-32H,7-8,10H2,1-4H3/t15-,18?,19?,22-,23+,24+/m1/s1. The third-order valence-electron chi connectivity index (χ3n) is 8.18. The van der Waals surface area contributed by atoms with E-state index in [9.17, 15) is 35.1 Å². The van der Waals surface area contributed by atoms with E-state index in [0.717, 1.165) is 0 Å². The molecule has 0 amide bonds. The molecule has 0 aromatic heterocycles. The lowest BCUT2D eigenvalue weighted by Crippen LogP contribution is -2.76. The van der Waals surface area contributed by atoms with Gasteiger partial charge >= 0.3 is 5.97 Å². The summed E-state index contributed by atoms with van der Waals surface area (Å²) in [5.41, 5.74) is -5.08. The number of ether oxygens (including phenoxy) is 1. The Balaban J connectivity index is 1.71. The average Bonchev–Trinajstić information content (AvgIpc) is 2.91. The van der Waals surface area contributed by atoms with Gasteiger partial charge in [0.15, 0.2) is 0 Å². The molecule has 2 saturated carbocycles. The van der Waals surface area contributed by atoms with Gasteiger partial charge < -0.3 is 30.3 Å². The number of carbonyl (C=O) groups excluding carboxylic acids is 2. The fraction of sp³-hybridized carbons (Fsp3) is 0.583. The molecule has 0 radical (unpaired) electrons. The summed E-state index contributed by atoms with van der Waals surface area (Å²) in [6, 6.07) is 1.17. The zero-order chi connectivity index (χ0) is 24.7. The number of aliphatic hydroxyl groups is 4. The Morgan fingerprint density at radius 3 is 2.52 bits per heavy atom. The maximum Gasteiger partial charge on any atom is 0.342 e. The normalized spacial score (nSPS) is 38.6. The van der Waals surface area contributed by atoms with Crippen molar-refractivity contribution in [3.63, 3.8) is 0 Å². The first-order chi connectivity index (χ1) is 15.2. The number of aromatic hydroxyl groups is 1. The lowest BCUT2D eigenvalue weighted by atomic mass is 9.43. The number of aliphatic hydroxyl groups excluding tert-OH is 2. The number of rotatable bonds is 4. The van der Waals surface area contributed by atoms with Crippen molar-refractivity contribution in [2.24, 2.45) is 16.7 Å². The molecule has 2 fully saturated rings. The molecular weight excluding hydrogens is 452 g/mol. The van der Waals surface area contributed by atoms with Crippen LogP contribution in [0.2, 0.25) is 5.02 Å². The summed E-state index contributed by atoms with van der Waals surface area (Å²) >= 11 is 6.18. The van der Waals surface area contributed by atoms with Crippen molar-refractivity contribution in [3.05, 3.63) is 39.4 Å². The second kappa shape index (κ2) is 7.26. The molecule has 3 aliphatic carbocycles. The van der Waals surface area contributed by atoms with Crippen molar-refractivity contribution >= 4 is 23.9 Å². The second-order valence-electron chi connectivity index (χ2n) is 10.6. The van der Waals surface area contributed by atoms with Gasteiger partial charge in [-0.15, -0.1) is 0 Å². The van der Waals surface area contributed by atoms with Gasteiger partial charge in [0.05, 0.1) is 23.3 Å². The molecule has 0 spiro atoms. The molecule has 0 bridgehead atoms. The molecule has 6 atom stereocenters. The van der Waals surface area contributed by atoms with Crippen molar-refractivity contribution < 1.29 is 39.9 Å². The zero-order valence-electron chi connectivity index (χ0n) is 18.9. The summed E-state index contributed by atoms with van der Waals surface area (Å²) in [6.45, 7) is 6.36. The highest BCUT2D eigenvalue weighted by atomic mass is 35.5. The number of carbonyl (C=O) groups is 2. The maximum atomic E-state index is 13.0. The van der Waals surface area contributed by atoms with E-state index in [1.807, 2.05) is 13.8 Å². The molecule has 180 valence electrons. The lowest BCUT2D eigenvalue weighted by Gasteiger charge is -2.66. The number of phenolic OH excluding ortho intramolecular Hbond substituents is 1. The van der Waals surface area contributed by atoms with Gasteiger partial charge in [-0.25, -0.2) is 4.79 Å². The Kier molecular flexibility index (Phi) is 5.32.